The van der Waals surface area contributed by atoms with Gasteiger partial charge in [0.1, 0.15) is 5.75 Å². The summed E-state index contributed by atoms with van der Waals surface area (Å²) in [7, 11) is 1.67. The molecule has 5 heteroatoms. The number of benzene rings is 1. The largest absolute Gasteiger partial charge is 0.508 e. The number of rotatable bonds is 3. The summed E-state index contributed by atoms with van der Waals surface area (Å²) in [4.78, 5) is 11.3. The first-order valence-corrected chi connectivity index (χ1v) is 5.37. The first-order chi connectivity index (χ1) is 8.60. The molecule has 0 aliphatic heterocycles. The molecule has 5 nitrogen and oxygen atoms in total. The summed E-state index contributed by atoms with van der Waals surface area (Å²) in [5, 5.41) is 19.7. The lowest BCUT2D eigenvalue weighted by Gasteiger charge is -2.10. The van der Waals surface area contributed by atoms with E-state index in [2.05, 4.69) is 5.32 Å². The first kappa shape index (κ1) is 11.9. The van der Waals surface area contributed by atoms with Crippen molar-refractivity contribution in [1.29, 1.82) is 5.41 Å². The second-order valence-electron chi connectivity index (χ2n) is 3.91. The van der Waals surface area contributed by atoms with Crippen LogP contribution < -0.4 is 10.9 Å². The van der Waals surface area contributed by atoms with Crippen molar-refractivity contribution < 1.29 is 5.11 Å². The first-order valence-electron chi connectivity index (χ1n) is 5.37. The Morgan fingerprint density at radius 2 is 2.11 bits per heavy atom. The lowest BCUT2D eigenvalue weighted by molar-refractivity contribution is 0.475. The fourth-order valence-electron chi connectivity index (χ4n) is 1.61. The van der Waals surface area contributed by atoms with Crippen molar-refractivity contribution in [3.8, 4) is 5.75 Å². The standard InChI is InChI=1S/C13H13N3O2/c1-16-8-10(2-5-13(16)18)15-12-4-3-11(17)6-9(12)7-14/h2-8,14-15,17H,1H3. The van der Waals surface area contributed by atoms with Crippen LogP contribution in [0.4, 0.5) is 11.4 Å². The summed E-state index contributed by atoms with van der Waals surface area (Å²) in [5.41, 5.74) is 1.93. The molecule has 0 unspecified atom stereocenters. The van der Waals surface area contributed by atoms with Crippen LogP contribution >= 0.6 is 0 Å². The minimum Gasteiger partial charge on any atom is -0.508 e. The molecule has 0 fully saturated rings. The number of hydrogen-bond donors (Lipinski definition) is 3. The second kappa shape index (κ2) is 4.75. The van der Waals surface area contributed by atoms with Gasteiger partial charge in [0.25, 0.3) is 0 Å². The average molecular weight is 243 g/mol. The van der Waals surface area contributed by atoms with Crippen LogP contribution in [0.2, 0.25) is 0 Å². The van der Waals surface area contributed by atoms with Gasteiger partial charge in [-0.05, 0) is 24.3 Å². The lowest BCUT2D eigenvalue weighted by Crippen LogP contribution is -2.14. The van der Waals surface area contributed by atoms with Gasteiger partial charge >= 0.3 is 0 Å². The van der Waals surface area contributed by atoms with Gasteiger partial charge in [-0.1, -0.05) is 0 Å². The highest BCUT2D eigenvalue weighted by atomic mass is 16.3. The van der Waals surface area contributed by atoms with Crippen molar-refractivity contribution >= 4 is 17.6 Å². The van der Waals surface area contributed by atoms with Gasteiger partial charge in [-0.25, -0.2) is 0 Å². The molecule has 0 amide bonds. The van der Waals surface area contributed by atoms with Gasteiger partial charge in [0.15, 0.2) is 0 Å². The third-order valence-electron chi connectivity index (χ3n) is 2.56. The molecule has 2 rings (SSSR count). The normalized spacial score (nSPS) is 10.1. The Bertz CT molecular complexity index is 647. The maximum atomic E-state index is 11.3. The molecule has 0 bridgehead atoms. The minimum absolute atomic E-state index is 0.0847. The zero-order valence-corrected chi connectivity index (χ0v) is 9.84. The SMILES string of the molecule is Cn1cc(Nc2ccc(O)cc2C=N)ccc1=O. The Morgan fingerprint density at radius 3 is 2.78 bits per heavy atom. The van der Waals surface area contributed by atoms with Crippen LogP contribution in [0.15, 0.2) is 41.3 Å². The molecule has 1 aromatic carbocycles. The van der Waals surface area contributed by atoms with Gasteiger partial charge in [0.05, 0.1) is 5.69 Å². The molecule has 2 aromatic rings. The predicted octanol–water partition coefficient (Wildman–Crippen LogP) is 1.83. The molecular formula is C13H13N3O2. The van der Waals surface area contributed by atoms with Crippen LogP contribution in [0.5, 0.6) is 5.75 Å². The van der Waals surface area contributed by atoms with Crippen LogP contribution in [-0.4, -0.2) is 15.9 Å². The highest BCUT2D eigenvalue weighted by molar-refractivity contribution is 5.88. The van der Waals surface area contributed by atoms with E-state index in [0.29, 0.717) is 11.3 Å². The zero-order valence-electron chi connectivity index (χ0n) is 9.84. The van der Waals surface area contributed by atoms with E-state index >= 15 is 0 Å². The summed E-state index contributed by atoms with van der Waals surface area (Å²) >= 11 is 0. The van der Waals surface area contributed by atoms with Crippen molar-refractivity contribution in [2.75, 3.05) is 5.32 Å². The second-order valence-corrected chi connectivity index (χ2v) is 3.91. The van der Waals surface area contributed by atoms with Crippen molar-refractivity contribution in [1.82, 2.24) is 4.57 Å². The molecule has 0 spiro atoms. The number of nitrogens with zero attached hydrogens (tertiary/aromatic N) is 1. The summed E-state index contributed by atoms with van der Waals surface area (Å²) in [6.07, 6.45) is 2.83. The van der Waals surface area contributed by atoms with E-state index in [4.69, 9.17) is 5.41 Å². The molecule has 3 N–H and O–H groups in total. The quantitative estimate of drug-likeness (QED) is 0.568. The summed E-state index contributed by atoms with van der Waals surface area (Å²) in [6, 6.07) is 7.85. The molecule has 0 atom stereocenters. The minimum atomic E-state index is -0.0847. The van der Waals surface area contributed by atoms with E-state index < -0.39 is 0 Å². The van der Waals surface area contributed by atoms with Crippen LogP contribution in [0.3, 0.4) is 0 Å². The number of phenolic OH excluding ortho intramolecular Hbond substituents is 1. The Kier molecular flexibility index (Phi) is 3.14. The number of phenols is 1. The number of aromatic nitrogens is 1. The third-order valence-corrected chi connectivity index (χ3v) is 2.56. The van der Waals surface area contributed by atoms with Crippen molar-refractivity contribution in [2.45, 2.75) is 0 Å². The fraction of sp³-hybridized carbons (Fsp3) is 0.0769. The zero-order chi connectivity index (χ0) is 13.1. The van der Waals surface area contributed by atoms with Gasteiger partial charge < -0.3 is 20.4 Å². The van der Waals surface area contributed by atoms with Crippen molar-refractivity contribution in [2.24, 2.45) is 7.05 Å². The molecule has 0 saturated carbocycles. The van der Waals surface area contributed by atoms with E-state index in [0.717, 1.165) is 11.9 Å². The highest BCUT2D eigenvalue weighted by Gasteiger charge is 2.02. The molecule has 1 heterocycles. The predicted molar refractivity (Wildman–Crippen MR) is 71.0 cm³/mol. The van der Waals surface area contributed by atoms with Crippen molar-refractivity contribution in [3.05, 3.63) is 52.4 Å². The lowest BCUT2D eigenvalue weighted by atomic mass is 10.1. The fourth-order valence-corrected chi connectivity index (χ4v) is 1.61. The van der Waals surface area contributed by atoms with E-state index in [9.17, 15) is 9.90 Å². The maximum absolute atomic E-state index is 11.3. The molecule has 1 aromatic heterocycles. The number of aryl methyl sites for hydroxylation is 1. The van der Waals surface area contributed by atoms with E-state index in [1.165, 1.54) is 22.8 Å². The molecular weight excluding hydrogens is 230 g/mol. The monoisotopic (exact) mass is 243 g/mol. The molecule has 0 radical (unpaired) electrons. The molecule has 92 valence electrons. The van der Waals surface area contributed by atoms with Gasteiger partial charge in [-0.2, -0.15) is 0 Å². The Hall–Kier alpha value is -2.56. The van der Waals surface area contributed by atoms with E-state index in [-0.39, 0.29) is 11.3 Å². The Balaban J connectivity index is 2.36. The van der Waals surface area contributed by atoms with Crippen LogP contribution in [0, 0.1) is 5.41 Å². The number of aromatic hydroxyl groups is 1. The van der Waals surface area contributed by atoms with Gasteiger partial charge in [0.2, 0.25) is 5.56 Å². The Labute approximate surface area is 104 Å². The van der Waals surface area contributed by atoms with Crippen LogP contribution in [0.25, 0.3) is 0 Å². The summed E-state index contributed by atoms with van der Waals surface area (Å²) < 4.78 is 1.47. The maximum Gasteiger partial charge on any atom is 0.250 e. The van der Waals surface area contributed by atoms with Crippen LogP contribution in [-0.2, 0) is 7.05 Å². The highest BCUT2D eigenvalue weighted by Crippen LogP contribution is 2.22. The molecule has 0 aliphatic carbocycles. The third kappa shape index (κ3) is 2.40. The van der Waals surface area contributed by atoms with E-state index in [1.54, 1.807) is 25.4 Å². The molecule has 18 heavy (non-hydrogen) atoms. The topological polar surface area (TPSA) is 78.1 Å². The molecule has 0 aliphatic rings. The molecule has 0 saturated heterocycles. The van der Waals surface area contributed by atoms with Crippen LogP contribution in [0.1, 0.15) is 5.56 Å². The Morgan fingerprint density at radius 1 is 1.33 bits per heavy atom. The summed E-state index contributed by atoms with van der Waals surface area (Å²) in [6.45, 7) is 0. The van der Waals surface area contributed by atoms with Gasteiger partial charge in [-0.3, -0.25) is 4.79 Å². The van der Waals surface area contributed by atoms with Gasteiger partial charge in [0, 0.05) is 36.8 Å². The smallest absolute Gasteiger partial charge is 0.250 e. The van der Waals surface area contributed by atoms with Gasteiger partial charge in [-0.15, -0.1) is 0 Å². The number of anilines is 2. The van der Waals surface area contributed by atoms with E-state index in [1.807, 2.05) is 0 Å². The van der Waals surface area contributed by atoms with Crippen molar-refractivity contribution in [3.63, 3.8) is 0 Å². The number of hydrogen-bond acceptors (Lipinski definition) is 4. The average Bonchev–Trinajstić information content (AvgIpc) is 2.36. The summed E-state index contributed by atoms with van der Waals surface area (Å²) in [5.74, 6) is 0.111. The number of nitrogens with one attached hydrogen (secondary N) is 2. The number of pyridine rings is 1.